The number of amides is 1. The molecule has 0 spiro atoms. The monoisotopic (exact) mass is 252 g/mol. The van der Waals surface area contributed by atoms with E-state index < -0.39 is 0 Å². The van der Waals surface area contributed by atoms with Gasteiger partial charge in [-0.05, 0) is 29.7 Å². The molecule has 19 heavy (non-hydrogen) atoms. The van der Waals surface area contributed by atoms with E-state index in [-0.39, 0.29) is 5.91 Å². The first-order valence-corrected chi connectivity index (χ1v) is 6.57. The van der Waals surface area contributed by atoms with Gasteiger partial charge in [0.1, 0.15) is 0 Å². The number of pyridine rings is 1. The maximum atomic E-state index is 12.2. The molecule has 3 nitrogen and oxygen atoms in total. The second-order valence-electron chi connectivity index (χ2n) is 4.84. The Bertz CT molecular complexity index is 580. The number of rotatable bonds is 2. The van der Waals surface area contributed by atoms with Gasteiger partial charge in [-0.15, -0.1) is 0 Å². The van der Waals surface area contributed by atoms with E-state index in [0.29, 0.717) is 19.5 Å². The average molecular weight is 252 g/mol. The zero-order valence-corrected chi connectivity index (χ0v) is 10.7. The van der Waals surface area contributed by atoms with E-state index in [1.54, 1.807) is 6.20 Å². The molecule has 3 rings (SSSR count). The Labute approximate surface area is 112 Å². The summed E-state index contributed by atoms with van der Waals surface area (Å²) in [6.45, 7) is 1.28. The molecular formula is C16H16N2O. The topological polar surface area (TPSA) is 33.2 Å². The number of carbonyl (C=O) groups excluding carboxylic acids is 1. The number of aromatic nitrogens is 1. The maximum absolute atomic E-state index is 12.2. The zero-order valence-electron chi connectivity index (χ0n) is 10.7. The van der Waals surface area contributed by atoms with Crippen LogP contribution in [-0.2, 0) is 24.3 Å². The van der Waals surface area contributed by atoms with Crippen molar-refractivity contribution in [2.24, 2.45) is 0 Å². The Balaban J connectivity index is 1.83. The van der Waals surface area contributed by atoms with Crippen LogP contribution in [0.4, 0.5) is 0 Å². The Kier molecular flexibility index (Phi) is 3.27. The molecule has 96 valence electrons. The van der Waals surface area contributed by atoms with Gasteiger partial charge in [0.15, 0.2) is 0 Å². The average Bonchev–Trinajstić information content (AvgIpc) is 2.61. The second-order valence-corrected chi connectivity index (χ2v) is 4.84. The Hall–Kier alpha value is -2.16. The molecule has 1 aliphatic rings. The number of hydrogen-bond acceptors (Lipinski definition) is 2. The number of nitrogens with zero attached hydrogens (tertiary/aromatic N) is 2. The molecule has 0 fully saturated rings. The summed E-state index contributed by atoms with van der Waals surface area (Å²) in [7, 11) is 0. The van der Waals surface area contributed by atoms with Crippen LogP contribution in [0.1, 0.15) is 23.2 Å². The SMILES string of the molecule is O=C1CCc2ccccc2CN1Cc1ccccn1. The largest absolute Gasteiger partial charge is 0.332 e. The van der Waals surface area contributed by atoms with Crippen LogP contribution in [0.3, 0.4) is 0 Å². The maximum Gasteiger partial charge on any atom is 0.223 e. The summed E-state index contributed by atoms with van der Waals surface area (Å²) in [6.07, 6.45) is 3.20. The molecule has 1 aromatic carbocycles. The van der Waals surface area contributed by atoms with E-state index in [9.17, 15) is 4.79 Å². The molecular weight excluding hydrogens is 236 g/mol. The van der Waals surface area contributed by atoms with Crippen molar-refractivity contribution >= 4 is 5.91 Å². The number of hydrogen-bond donors (Lipinski definition) is 0. The molecule has 1 aliphatic heterocycles. The number of carbonyl (C=O) groups is 1. The van der Waals surface area contributed by atoms with Crippen molar-refractivity contribution in [3.63, 3.8) is 0 Å². The summed E-state index contributed by atoms with van der Waals surface area (Å²) in [6, 6.07) is 14.1. The number of benzene rings is 1. The third-order valence-electron chi connectivity index (χ3n) is 3.52. The summed E-state index contributed by atoms with van der Waals surface area (Å²) in [5, 5.41) is 0. The quantitative estimate of drug-likeness (QED) is 0.823. The first-order valence-electron chi connectivity index (χ1n) is 6.57. The third-order valence-corrected chi connectivity index (χ3v) is 3.52. The predicted molar refractivity (Wildman–Crippen MR) is 73.3 cm³/mol. The molecule has 1 amide bonds. The van der Waals surface area contributed by atoms with Crippen molar-refractivity contribution in [3.05, 3.63) is 65.5 Å². The highest BCUT2D eigenvalue weighted by Crippen LogP contribution is 2.20. The Morgan fingerprint density at radius 3 is 2.58 bits per heavy atom. The van der Waals surface area contributed by atoms with Crippen molar-refractivity contribution in [1.29, 1.82) is 0 Å². The summed E-state index contributed by atoms with van der Waals surface area (Å²) < 4.78 is 0. The van der Waals surface area contributed by atoms with Crippen molar-refractivity contribution in [2.45, 2.75) is 25.9 Å². The molecule has 2 aromatic rings. The van der Waals surface area contributed by atoms with Crippen molar-refractivity contribution in [1.82, 2.24) is 9.88 Å². The van der Waals surface area contributed by atoms with Gasteiger partial charge in [-0.3, -0.25) is 9.78 Å². The molecule has 0 bridgehead atoms. The van der Waals surface area contributed by atoms with Gasteiger partial charge in [-0.1, -0.05) is 30.3 Å². The summed E-state index contributed by atoms with van der Waals surface area (Å²) in [4.78, 5) is 18.4. The Morgan fingerprint density at radius 2 is 1.79 bits per heavy atom. The van der Waals surface area contributed by atoms with Crippen LogP contribution < -0.4 is 0 Å². The molecule has 0 N–H and O–H groups in total. The van der Waals surface area contributed by atoms with Gasteiger partial charge in [-0.2, -0.15) is 0 Å². The summed E-state index contributed by atoms with van der Waals surface area (Å²) in [5.41, 5.74) is 3.49. The van der Waals surface area contributed by atoms with E-state index >= 15 is 0 Å². The minimum atomic E-state index is 0.210. The predicted octanol–water partition coefficient (Wildman–Crippen LogP) is 2.56. The van der Waals surface area contributed by atoms with Crippen LogP contribution in [0.5, 0.6) is 0 Å². The smallest absolute Gasteiger partial charge is 0.223 e. The zero-order chi connectivity index (χ0) is 13.1. The van der Waals surface area contributed by atoms with Gasteiger partial charge in [0, 0.05) is 19.2 Å². The van der Waals surface area contributed by atoms with Crippen molar-refractivity contribution in [2.75, 3.05) is 0 Å². The number of aryl methyl sites for hydroxylation is 1. The van der Waals surface area contributed by atoms with Crippen LogP contribution in [-0.4, -0.2) is 15.8 Å². The van der Waals surface area contributed by atoms with Crippen LogP contribution in [0, 0.1) is 0 Å². The fourth-order valence-electron chi connectivity index (χ4n) is 2.48. The molecule has 0 atom stereocenters. The van der Waals surface area contributed by atoms with E-state index in [4.69, 9.17) is 0 Å². The molecule has 1 aromatic heterocycles. The normalized spacial score (nSPS) is 14.9. The molecule has 0 saturated carbocycles. The van der Waals surface area contributed by atoms with Gasteiger partial charge in [0.2, 0.25) is 5.91 Å². The highest BCUT2D eigenvalue weighted by atomic mass is 16.2. The lowest BCUT2D eigenvalue weighted by molar-refractivity contribution is -0.132. The van der Waals surface area contributed by atoms with Crippen LogP contribution in [0.2, 0.25) is 0 Å². The van der Waals surface area contributed by atoms with Crippen molar-refractivity contribution in [3.8, 4) is 0 Å². The van der Waals surface area contributed by atoms with Crippen molar-refractivity contribution < 1.29 is 4.79 Å². The van der Waals surface area contributed by atoms with E-state index in [1.165, 1.54) is 11.1 Å². The standard InChI is InChI=1S/C16H16N2O/c19-16-9-8-13-5-1-2-6-14(13)11-18(16)12-15-7-3-4-10-17-15/h1-7,10H,8-9,11-12H2. The molecule has 2 heterocycles. The van der Waals surface area contributed by atoms with E-state index in [2.05, 4.69) is 17.1 Å². The first-order chi connectivity index (χ1) is 9.33. The van der Waals surface area contributed by atoms with Gasteiger partial charge in [0.05, 0.1) is 12.2 Å². The highest BCUT2D eigenvalue weighted by molar-refractivity contribution is 5.77. The van der Waals surface area contributed by atoms with Crippen LogP contribution >= 0.6 is 0 Å². The van der Waals surface area contributed by atoms with Gasteiger partial charge in [-0.25, -0.2) is 0 Å². The highest BCUT2D eigenvalue weighted by Gasteiger charge is 2.20. The van der Waals surface area contributed by atoms with E-state index in [1.807, 2.05) is 35.2 Å². The van der Waals surface area contributed by atoms with Crippen LogP contribution in [0.25, 0.3) is 0 Å². The van der Waals surface area contributed by atoms with Gasteiger partial charge >= 0.3 is 0 Å². The summed E-state index contributed by atoms with van der Waals surface area (Å²) >= 11 is 0. The third kappa shape index (κ3) is 2.65. The second kappa shape index (κ2) is 5.22. The fraction of sp³-hybridized carbons (Fsp3) is 0.250. The van der Waals surface area contributed by atoms with Gasteiger partial charge < -0.3 is 4.90 Å². The fourth-order valence-corrected chi connectivity index (χ4v) is 2.48. The molecule has 3 heteroatoms. The summed E-state index contributed by atoms with van der Waals surface area (Å²) in [5.74, 6) is 0.210. The minimum absolute atomic E-state index is 0.210. The Morgan fingerprint density at radius 1 is 1.00 bits per heavy atom. The van der Waals surface area contributed by atoms with Crippen LogP contribution in [0.15, 0.2) is 48.7 Å². The molecule has 0 saturated heterocycles. The lowest BCUT2D eigenvalue weighted by Crippen LogP contribution is -2.28. The lowest BCUT2D eigenvalue weighted by atomic mass is 10.0. The molecule has 0 aliphatic carbocycles. The number of fused-ring (bicyclic) bond motifs is 1. The molecule has 0 radical (unpaired) electrons. The van der Waals surface area contributed by atoms with E-state index in [0.717, 1.165) is 12.1 Å². The van der Waals surface area contributed by atoms with Gasteiger partial charge in [0.25, 0.3) is 0 Å². The minimum Gasteiger partial charge on any atom is -0.332 e. The lowest BCUT2D eigenvalue weighted by Gasteiger charge is -2.20. The molecule has 0 unspecified atom stereocenters. The first kappa shape index (κ1) is 11.9.